The standard InChI is InChI=1S/C12H20N4O2/c1-17-11-2-6-14-12(15-11)16-7-3-10(4-8-16)18-9-5-13/h2,6,10H,3-5,7-9,13H2,1H3. The van der Waals surface area contributed by atoms with Crippen LogP contribution in [0.2, 0.25) is 0 Å². The zero-order valence-corrected chi connectivity index (χ0v) is 10.7. The van der Waals surface area contributed by atoms with E-state index in [0.717, 1.165) is 31.9 Å². The smallest absolute Gasteiger partial charge is 0.228 e. The van der Waals surface area contributed by atoms with Gasteiger partial charge in [-0.15, -0.1) is 0 Å². The predicted octanol–water partition coefficient (Wildman–Crippen LogP) is 0.429. The van der Waals surface area contributed by atoms with E-state index in [4.69, 9.17) is 15.2 Å². The van der Waals surface area contributed by atoms with Gasteiger partial charge in [-0.05, 0) is 12.8 Å². The van der Waals surface area contributed by atoms with Gasteiger partial charge in [-0.25, -0.2) is 4.98 Å². The molecule has 0 amide bonds. The second-order valence-corrected chi connectivity index (χ2v) is 4.24. The number of ether oxygens (including phenoxy) is 2. The SMILES string of the molecule is COc1ccnc(N2CCC(OCCN)CC2)n1. The van der Waals surface area contributed by atoms with Crippen LogP contribution in [0.25, 0.3) is 0 Å². The quantitative estimate of drug-likeness (QED) is 0.819. The Bertz CT molecular complexity index is 367. The first-order valence-electron chi connectivity index (χ1n) is 6.27. The van der Waals surface area contributed by atoms with Crippen LogP contribution in [0.4, 0.5) is 5.95 Å². The average Bonchev–Trinajstić information content (AvgIpc) is 2.46. The van der Waals surface area contributed by atoms with Crippen molar-refractivity contribution in [2.24, 2.45) is 5.73 Å². The van der Waals surface area contributed by atoms with Gasteiger partial charge in [0, 0.05) is 31.9 Å². The van der Waals surface area contributed by atoms with Crippen LogP contribution in [-0.2, 0) is 4.74 Å². The molecule has 100 valence electrons. The van der Waals surface area contributed by atoms with Gasteiger partial charge in [-0.1, -0.05) is 0 Å². The summed E-state index contributed by atoms with van der Waals surface area (Å²) in [6.45, 7) is 3.03. The summed E-state index contributed by atoms with van der Waals surface area (Å²) in [5.41, 5.74) is 5.43. The molecule has 1 aliphatic heterocycles. The van der Waals surface area contributed by atoms with Crippen LogP contribution in [0, 0.1) is 0 Å². The van der Waals surface area contributed by atoms with E-state index in [2.05, 4.69) is 14.9 Å². The highest BCUT2D eigenvalue weighted by Crippen LogP contribution is 2.19. The van der Waals surface area contributed by atoms with Crippen molar-refractivity contribution in [3.05, 3.63) is 12.3 Å². The number of methoxy groups -OCH3 is 1. The number of nitrogens with zero attached hydrogens (tertiary/aromatic N) is 3. The van der Waals surface area contributed by atoms with Crippen molar-refractivity contribution in [3.63, 3.8) is 0 Å². The van der Waals surface area contributed by atoms with Crippen molar-refractivity contribution in [1.29, 1.82) is 0 Å². The second-order valence-electron chi connectivity index (χ2n) is 4.24. The van der Waals surface area contributed by atoms with E-state index in [1.54, 1.807) is 19.4 Å². The highest BCUT2D eigenvalue weighted by atomic mass is 16.5. The topological polar surface area (TPSA) is 73.5 Å². The molecule has 6 nitrogen and oxygen atoms in total. The Hall–Kier alpha value is -1.40. The molecule has 0 saturated carbocycles. The summed E-state index contributed by atoms with van der Waals surface area (Å²) in [4.78, 5) is 10.8. The lowest BCUT2D eigenvalue weighted by molar-refractivity contribution is 0.0420. The molecule has 0 bridgehead atoms. The number of rotatable bonds is 5. The summed E-state index contributed by atoms with van der Waals surface area (Å²) in [7, 11) is 1.61. The highest BCUT2D eigenvalue weighted by Gasteiger charge is 2.21. The third-order valence-electron chi connectivity index (χ3n) is 3.02. The van der Waals surface area contributed by atoms with Crippen molar-refractivity contribution in [2.75, 3.05) is 38.3 Å². The Morgan fingerprint density at radius 3 is 2.89 bits per heavy atom. The van der Waals surface area contributed by atoms with E-state index >= 15 is 0 Å². The van der Waals surface area contributed by atoms with Gasteiger partial charge in [0.1, 0.15) is 0 Å². The number of aromatic nitrogens is 2. The van der Waals surface area contributed by atoms with Crippen LogP contribution >= 0.6 is 0 Å². The molecule has 1 fully saturated rings. The first-order valence-corrected chi connectivity index (χ1v) is 6.27. The molecular formula is C12H20N4O2. The van der Waals surface area contributed by atoms with Gasteiger partial charge in [0.05, 0.1) is 19.8 Å². The molecule has 1 aromatic heterocycles. The molecule has 1 aliphatic rings. The molecule has 0 radical (unpaired) electrons. The Morgan fingerprint density at radius 1 is 1.44 bits per heavy atom. The number of piperidine rings is 1. The molecule has 0 atom stereocenters. The Labute approximate surface area is 107 Å². The lowest BCUT2D eigenvalue weighted by atomic mass is 10.1. The van der Waals surface area contributed by atoms with Crippen LogP contribution in [0.1, 0.15) is 12.8 Å². The summed E-state index contributed by atoms with van der Waals surface area (Å²) < 4.78 is 10.7. The number of hydrogen-bond acceptors (Lipinski definition) is 6. The lowest BCUT2D eigenvalue weighted by Gasteiger charge is -2.31. The average molecular weight is 252 g/mol. The number of anilines is 1. The monoisotopic (exact) mass is 252 g/mol. The van der Waals surface area contributed by atoms with Crippen molar-refractivity contribution < 1.29 is 9.47 Å². The van der Waals surface area contributed by atoms with Crippen molar-refractivity contribution in [1.82, 2.24) is 9.97 Å². The Kier molecular flexibility index (Phi) is 4.72. The van der Waals surface area contributed by atoms with Crippen molar-refractivity contribution >= 4 is 5.95 Å². The van der Waals surface area contributed by atoms with Crippen LogP contribution in [0.3, 0.4) is 0 Å². The van der Waals surface area contributed by atoms with Gasteiger partial charge in [0.25, 0.3) is 0 Å². The summed E-state index contributed by atoms with van der Waals surface area (Å²) >= 11 is 0. The minimum absolute atomic E-state index is 0.315. The zero-order valence-electron chi connectivity index (χ0n) is 10.7. The largest absolute Gasteiger partial charge is 0.481 e. The molecule has 1 saturated heterocycles. The van der Waals surface area contributed by atoms with E-state index in [1.165, 1.54) is 0 Å². The normalized spacial score (nSPS) is 16.9. The molecule has 0 aliphatic carbocycles. The fourth-order valence-electron chi connectivity index (χ4n) is 2.06. The molecule has 2 heterocycles. The lowest BCUT2D eigenvalue weighted by Crippen LogP contribution is -2.38. The minimum Gasteiger partial charge on any atom is -0.481 e. The molecule has 18 heavy (non-hydrogen) atoms. The highest BCUT2D eigenvalue weighted by molar-refractivity contribution is 5.32. The maximum absolute atomic E-state index is 5.64. The summed E-state index contributed by atoms with van der Waals surface area (Å²) in [5.74, 6) is 1.33. The van der Waals surface area contributed by atoms with Gasteiger partial charge >= 0.3 is 0 Å². The third kappa shape index (κ3) is 3.30. The van der Waals surface area contributed by atoms with E-state index in [9.17, 15) is 0 Å². The Balaban J connectivity index is 1.88. The number of hydrogen-bond donors (Lipinski definition) is 1. The van der Waals surface area contributed by atoms with E-state index < -0.39 is 0 Å². The molecule has 0 aromatic carbocycles. The molecule has 6 heteroatoms. The van der Waals surface area contributed by atoms with Crippen LogP contribution in [-0.4, -0.2) is 49.4 Å². The third-order valence-corrected chi connectivity index (χ3v) is 3.02. The molecule has 0 unspecified atom stereocenters. The van der Waals surface area contributed by atoms with Crippen LogP contribution < -0.4 is 15.4 Å². The van der Waals surface area contributed by atoms with Crippen molar-refractivity contribution in [3.8, 4) is 5.88 Å². The fourth-order valence-corrected chi connectivity index (χ4v) is 2.06. The summed E-state index contributed by atoms with van der Waals surface area (Å²) in [5, 5.41) is 0. The molecular weight excluding hydrogens is 232 g/mol. The van der Waals surface area contributed by atoms with Gasteiger partial charge < -0.3 is 20.1 Å². The van der Waals surface area contributed by atoms with Gasteiger partial charge in [0.15, 0.2) is 0 Å². The van der Waals surface area contributed by atoms with Gasteiger partial charge in [-0.2, -0.15) is 4.98 Å². The van der Waals surface area contributed by atoms with Crippen LogP contribution in [0.15, 0.2) is 12.3 Å². The summed E-state index contributed by atoms with van der Waals surface area (Å²) in [6, 6.07) is 1.75. The first kappa shape index (κ1) is 13.0. The first-order chi connectivity index (χ1) is 8.83. The predicted molar refractivity (Wildman–Crippen MR) is 68.8 cm³/mol. The van der Waals surface area contributed by atoms with Gasteiger partial charge in [0.2, 0.25) is 11.8 Å². The maximum Gasteiger partial charge on any atom is 0.228 e. The zero-order chi connectivity index (χ0) is 12.8. The van der Waals surface area contributed by atoms with Crippen molar-refractivity contribution in [2.45, 2.75) is 18.9 Å². The van der Waals surface area contributed by atoms with Gasteiger partial charge in [-0.3, -0.25) is 0 Å². The molecule has 1 aromatic rings. The minimum atomic E-state index is 0.315. The summed E-state index contributed by atoms with van der Waals surface area (Å²) in [6.07, 6.45) is 4.01. The fraction of sp³-hybridized carbons (Fsp3) is 0.667. The number of nitrogens with two attached hydrogens (primary N) is 1. The van der Waals surface area contributed by atoms with E-state index in [-0.39, 0.29) is 0 Å². The molecule has 0 spiro atoms. The van der Waals surface area contributed by atoms with E-state index in [0.29, 0.717) is 25.1 Å². The van der Waals surface area contributed by atoms with E-state index in [1.807, 2.05) is 0 Å². The second kappa shape index (κ2) is 6.51. The van der Waals surface area contributed by atoms with Crippen LogP contribution in [0.5, 0.6) is 5.88 Å². The Morgan fingerprint density at radius 2 is 2.22 bits per heavy atom. The molecule has 2 rings (SSSR count). The molecule has 2 N–H and O–H groups in total. The maximum atomic E-state index is 5.64.